The van der Waals surface area contributed by atoms with Gasteiger partial charge in [-0.1, -0.05) is 45.4 Å². The number of benzene rings is 1. The van der Waals surface area contributed by atoms with Crippen LogP contribution in [0.15, 0.2) is 35.0 Å². The molecule has 7 nitrogen and oxygen atoms in total. The van der Waals surface area contributed by atoms with Crippen LogP contribution in [0.3, 0.4) is 0 Å². The van der Waals surface area contributed by atoms with Crippen LogP contribution in [0.1, 0.15) is 60.9 Å². The number of aromatic nitrogens is 2. The largest absolute Gasteiger partial charge is 0.339 e. The molecule has 0 bridgehead atoms. The number of thiophene rings is 1. The molecule has 0 radical (unpaired) electrons. The van der Waals surface area contributed by atoms with Gasteiger partial charge in [0.1, 0.15) is 12.4 Å². The van der Waals surface area contributed by atoms with E-state index in [4.69, 9.17) is 5.10 Å². The minimum Gasteiger partial charge on any atom is -0.339 e. The fourth-order valence-electron chi connectivity index (χ4n) is 5.52. The van der Waals surface area contributed by atoms with Gasteiger partial charge in [-0.2, -0.15) is 16.4 Å². The molecule has 2 aliphatic rings. The molecule has 0 aliphatic carbocycles. The van der Waals surface area contributed by atoms with Crippen molar-refractivity contribution in [2.45, 2.75) is 52.2 Å². The normalized spacial score (nSPS) is 18.8. The lowest BCUT2D eigenvalue weighted by molar-refractivity contribution is -0.132. The monoisotopic (exact) mass is 565 g/mol. The van der Waals surface area contributed by atoms with Crippen molar-refractivity contribution in [1.82, 2.24) is 19.6 Å². The number of anilines is 1. The molecule has 1 atom stereocenters. The molecule has 2 aromatic heterocycles. The van der Waals surface area contributed by atoms with Crippen LogP contribution in [0.25, 0.3) is 5.69 Å². The maximum Gasteiger partial charge on any atom is 0.242 e. The molecular formula is C30H39N5O2S2. The molecule has 208 valence electrons. The van der Waals surface area contributed by atoms with Crippen molar-refractivity contribution < 1.29 is 9.59 Å². The van der Waals surface area contributed by atoms with Gasteiger partial charge in [0.25, 0.3) is 0 Å². The van der Waals surface area contributed by atoms with E-state index < -0.39 is 0 Å². The van der Waals surface area contributed by atoms with Crippen LogP contribution in [0, 0.1) is 13.8 Å². The maximum absolute atomic E-state index is 13.9. The predicted molar refractivity (Wildman–Crippen MR) is 161 cm³/mol. The third-order valence-corrected chi connectivity index (χ3v) is 9.65. The van der Waals surface area contributed by atoms with Crippen LogP contribution in [0.5, 0.6) is 0 Å². The number of aryl methyl sites for hydroxylation is 2. The van der Waals surface area contributed by atoms with E-state index in [9.17, 15) is 9.59 Å². The molecule has 1 saturated heterocycles. The van der Waals surface area contributed by atoms with Crippen LogP contribution in [-0.4, -0.2) is 76.4 Å². The molecule has 0 N–H and O–H groups in total. The zero-order valence-electron chi connectivity index (χ0n) is 23.9. The molecule has 1 fully saturated rings. The van der Waals surface area contributed by atoms with Crippen LogP contribution in [0.4, 0.5) is 5.82 Å². The topological polar surface area (TPSA) is 61.7 Å². The van der Waals surface area contributed by atoms with Gasteiger partial charge in [-0.15, -0.1) is 11.8 Å². The number of amides is 2. The number of fused-ring (bicyclic) bond motifs is 1. The number of piperazine rings is 1. The highest BCUT2D eigenvalue weighted by atomic mass is 32.2. The Morgan fingerprint density at radius 3 is 2.46 bits per heavy atom. The van der Waals surface area contributed by atoms with Gasteiger partial charge in [-0.25, -0.2) is 4.68 Å². The molecule has 2 aliphatic heterocycles. The average molecular weight is 566 g/mol. The highest BCUT2D eigenvalue weighted by Gasteiger charge is 2.40. The summed E-state index contributed by atoms with van der Waals surface area (Å²) in [5.74, 6) is 0.988. The van der Waals surface area contributed by atoms with Gasteiger partial charge in [-0.05, 0) is 54.4 Å². The Balaban J connectivity index is 1.67. The number of rotatable bonds is 5. The third kappa shape index (κ3) is 5.54. The molecular weight excluding hydrogens is 526 g/mol. The smallest absolute Gasteiger partial charge is 0.242 e. The van der Waals surface area contributed by atoms with Crippen LogP contribution < -0.4 is 4.90 Å². The number of thioether (sulfide) groups is 1. The number of likely N-dealkylation sites (N-methyl/N-ethyl adjacent to an activating group) is 1. The number of hydrogen-bond acceptors (Lipinski definition) is 6. The number of carbonyl (C=O) groups is 2. The summed E-state index contributed by atoms with van der Waals surface area (Å²) in [6, 6.07) is 8.45. The highest BCUT2D eigenvalue weighted by molar-refractivity contribution is 8.00. The molecule has 1 unspecified atom stereocenters. The summed E-state index contributed by atoms with van der Waals surface area (Å²) in [7, 11) is 0. The number of hydrogen-bond donors (Lipinski definition) is 0. The highest BCUT2D eigenvalue weighted by Crippen LogP contribution is 2.49. The van der Waals surface area contributed by atoms with Crippen LogP contribution >= 0.6 is 23.1 Å². The second kappa shape index (κ2) is 11.1. The fraction of sp³-hybridized carbons (Fsp3) is 0.500. The zero-order valence-corrected chi connectivity index (χ0v) is 25.5. The molecule has 39 heavy (non-hydrogen) atoms. The summed E-state index contributed by atoms with van der Waals surface area (Å²) in [6.07, 6.45) is 0. The van der Waals surface area contributed by atoms with Crippen molar-refractivity contribution in [3.63, 3.8) is 0 Å². The van der Waals surface area contributed by atoms with Gasteiger partial charge in [-0.3, -0.25) is 14.5 Å². The van der Waals surface area contributed by atoms with Crippen molar-refractivity contribution >= 4 is 40.7 Å². The van der Waals surface area contributed by atoms with E-state index in [2.05, 4.69) is 81.5 Å². The standard InChI is InChI=1S/C30H39N5O2S2/c1-7-32-11-13-33(14-12-32)24(36)17-34-25(37)19-39-27(22-10-15-38-18-22)26-28(30(4,5)6)31-35(29(26)34)23-9-8-20(2)16-21(23)3/h8-10,15-16,18,27H,7,11-14,17,19H2,1-6H3. The molecule has 4 heterocycles. The molecule has 0 spiro atoms. The summed E-state index contributed by atoms with van der Waals surface area (Å²) >= 11 is 3.30. The Kier molecular flexibility index (Phi) is 7.95. The molecule has 9 heteroatoms. The van der Waals surface area contributed by atoms with Crippen LogP contribution in [-0.2, 0) is 15.0 Å². The van der Waals surface area contributed by atoms with E-state index in [0.717, 1.165) is 48.0 Å². The third-order valence-electron chi connectivity index (χ3n) is 7.69. The Bertz CT molecular complexity index is 1350. The van der Waals surface area contributed by atoms with E-state index in [-0.39, 0.29) is 29.0 Å². The molecule has 3 aromatic rings. The number of nitrogens with zero attached hydrogens (tertiary/aromatic N) is 5. The van der Waals surface area contributed by atoms with Crippen molar-refractivity contribution in [3.05, 3.63) is 63.0 Å². The SMILES string of the molecule is CCN1CCN(C(=O)CN2C(=O)CSC(c3ccsc3)c3c(C(C)(C)C)nn(-c4ccc(C)cc4C)c32)CC1. The van der Waals surface area contributed by atoms with Crippen LogP contribution in [0.2, 0.25) is 0 Å². The first kappa shape index (κ1) is 27.9. The summed E-state index contributed by atoms with van der Waals surface area (Å²) in [6.45, 7) is 17.0. The van der Waals surface area contributed by atoms with E-state index in [1.807, 2.05) is 9.58 Å². The Morgan fingerprint density at radius 1 is 1.10 bits per heavy atom. The first-order valence-electron chi connectivity index (χ1n) is 13.7. The van der Waals surface area contributed by atoms with Crippen molar-refractivity contribution in [2.75, 3.05) is 49.9 Å². The Labute approximate surface area is 240 Å². The van der Waals surface area contributed by atoms with E-state index in [0.29, 0.717) is 18.8 Å². The average Bonchev–Trinajstić information content (AvgIpc) is 3.54. The summed E-state index contributed by atoms with van der Waals surface area (Å²) in [5, 5.41) is 9.44. The lowest BCUT2D eigenvalue weighted by Gasteiger charge is -2.35. The second-order valence-corrected chi connectivity index (χ2v) is 13.5. The molecule has 5 rings (SSSR count). The van der Waals surface area contributed by atoms with Gasteiger partial charge in [0, 0.05) is 37.2 Å². The van der Waals surface area contributed by atoms with Crippen molar-refractivity contribution in [3.8, 4) is 5.69 Å². The first-order chi connectivity index (χ1) is 18.6. The van der Waals surface area contributed by atoms with E-state index in [1.165, 1.54) is 11.1 Å². The first-order valence-corrected chi connectivity index (χ1v) is 15.7. The van der Waals surface area contributed by atoms with Gasteiger partial charge in [0.15, 0.2) is 0 Å². The lowest BCUT2D eigenvalue weighted by Crippen LogP contribution is -2.52. The lowest BCUT2D eigenvalue weighted by atomic mass is 9.87. The Hall–Kier alpha value is -2.62. The van der Waals surface area contributed by atoms with Gasteiger partial charge in [0.2, 0.25) is 11.8 Å². The second-order valence-electron chi connectivity index (χ2n) is 11.6. The predicted octanol–water partition coefficient (Wildman–Crippen LogP) is 5.18. The van der Waals surface area contributed by atoms with E-state index in [1.54, 1.807) is 28.0 Å². The van der Waals surface area contributed by atoms with Crippen molar-refractivity contribution in [1.29, 1.82) is 0 Å². The van der Waals surface area contributed by atoms with Gasteiger partial charge in [0.05, 0.1) is 22.4 Å². The van der Waals surface area contributed by atoms with Gasteiger partial charge < -0.3 is 9.80 Å². The summed E-state index contributed by atoms with van der Waals surface area (Å²) < 4.78 is 1.94. The fourth-order valence-corrected chi connectivity index (χ4v) is 7.48. The summed E-state index contributed by atoms with van der Waals surface area (Å²) in [5.41, 5.74) is 6.11. The zero-order chi connectivity index (χ0) is 27.9. The molecule has 2 amide bonds. The summed E-state index contributed by atoms with van der Waals surface area (Å²) in [4.78, 5) is 33.6. The quantitative estimate of drug-likeness (QED) is 0.427. The Morgan fingerprint density at radius 2 is 1.85 bits per heavy atom. The van der Waals surface area contributed by atoms with E-state index >= 15 is 0 Å². The molecule has 1 aromatic carbocycles. The maximum atomic E-state index is 13.9. The minimum atomic E-state index is -0.262. The van der Waals surface area contributed by atoms with Crippen molar-refractivity contribution in [2.24, 2.45) is 0 Å². The molecule has 0 saturated carbocycles. The van der Waals surface area contributed by atoms with Gasteiger partial charge >= 0.3 is 0 Å². The minimum absolute atomic E-state index is 0.00489. The number of carbonyl (C=O) groups excluding carboxylic acids is 2.